The van der Waals surface area contributed by atoms with Gasteiger partial charge >= 0.3 is 5.97 Å². The first-order valence-corrected chi connectivity index (χ1v) is 9.52. The van der Waals surface area contributed by atoms with Gasteiger partial charge in [-0.15, -0.1) is 0 Å². The van der Waals surface area contributed by atoms with E-state index in [1.54, 1.807) is 7.05 Å². The highest BCUT2D eigenvalue weighted by Gasteiger charge is 2.04. The first kappa shape index (κ1) is 21.8. The molecule has 0 amide bonds. The van der Waals surface area contributed by atoms with Gasteiger partial charge in [-0.1, -0.05) is 31.0 Å². The maximum atomic E-state index is 11.2. The Balaban J connectivity index is 2.19. The van der Waals surface area contributed by atoms with Crippen molar-refractivity contribution < 1.29 is 14.3 Å². The van der Waals surface area contributed by atoms with E-state index in [0.29, 0.717) is 26.2 Å². The fourth-order valence-corrected chi connectivity index (χ4v) is 2.53. The predicted octanol–water partition coefficient (Wildman–Crippen LogP) is 3.26. The number of unbranched alkanes of at least 4 members (excludes halogenated alkanes) is 3. The van der Waals surface area contributed by atoms with Gasteiger partial charge < -0.3 is 20.1 Å². The van der Waals surface area contributed by atoms with E-state index in [-0.39, 0.29) is 5.97 Å². The van der Waals surface area contributed by atoms with Crippen LogP contribution in [-0.2, 0) is 16.1 Å². The minimum atomic E-state index is -0.0949. The predicted molar refractivity (Wildman–Crippen MR) is 106 cm³/mol. The van der Waals surface area contributed by atoms with Crippen LogP contribution < -0.4 is 15.4 Å². The molecule has 0 saturated carbocycles. The number of nitrogens with zero attached hydrogens (tertiary/aromatic N) is 1. The second kappa shape index (κ2) is 14.0. The molecular formula is C20H33N3O3. The molecule has 0 heterocycles. The smallest absolute Gasteiger partial charge is 0.305 e. The lowest BCUT2D eigenvalue weighted by Crippen LogP contribution is -2.37. The van der Waals surface area contributed by atoms with Crippen molar-refractivity contribution in [2.24, 2.45) is 4.99 Å². The normalized spacial score (nSPS) is 11.1. The number of esters is 1. The van der Waals surface area contributed by atoms with Crippen molar-refractivity contribution in [2.45, 2.75) is 52.5 Å². The Kier molecular flexibility index (Phi) is 11.7. The second-order valence-corrected chi connectivity index (χ2v) is 5.86. The van der Waals surface area contributed by atoms with Crippen molar-refractivity contribution in [3.63, 3.8) is 0 Å². The Morgan fingerprint density at radius 2 is 1.81 bits per heavy atom. The number of para-hydroxylation sites is 1. The largest absolute Gasteiger partial charge is 0.494 e. The zero-order valence-corrected chi connectivity index (χ0v) is 16.3. The summed E-state index contributed by atoms with van der Waals surface area (Å²) in [7, 11) is 1.77. The fraction of sp³-hybridized carbons (Fsp3) is 0.600. The average Bonchev–Trinajstić information content (AvgIpc) is 2.65. The summed E-state index contributed by atoms with van der Waals surface area (Å²) < 4.78 is 10.6. The first-order valence-electron chi connectivity index (χ1n) is 9.52. The third kappa shape index (κ3) is 9.30. The van der Waals surface area contributed by atoms with Gasteiger partial charge in [-0.2, -0.15) is 0 Å². The Bertz CT molecular complexity index is 547. The number of rotatable bonds is 12. The highest BCUT2D eigenvalue weighted by atomic mass is 16.5. The molecule has 0 atom stereocenters. The summed E-state index contributed by atoms with van der Waals surface area (Å²) in [4.78, 5) is 15.5. The van der Waals surface area contributed by atoms with Crippen LogP contribution in [0.25, 0.3) is 0 Å². The molecule has 6 heteroatoms. The molecule has 0 radical (unpaired) electrons. The summed E-state index contributed by atoms with van der Waals surface area (Å²) in [5.41, 5.74) is 1.11. The zero-order valence-electron chi connectivity index (χ0n) is 16.3. The quantitative estimate of drug-likeness (QED) is 0.258. The first-order chi connectivity index (χ1) is 12.7. The van der Waals surface area contributed by atoms with Gasteiger partial charge in [0.1, 0.15) is 5.75 Å². The summed E-state index contributed by atoms with van der Waals surface area (Å²) in [6.07, 6.45) is 4.56. The minimum Gasteiger partial charge on any atom is -0.494 e. The van der Waals surface area contributed by atoms with E-state index in [2.05, 4.69) is 21.7 Å². The molecule has 0 aliphatic carbocycles. The molecule has 6 nitrogen and oxygen atoms in total. The van der Waals surface area contributed by atoms with Gasteiger partial charge in [-0.3, -0.25) is 9.79 Å². The Morgan fingerprint density at radius 3 is 2.54 bits per heavy atom. The Labute approximate surface area is 157 Å². The van der Waals surface area contributed by atoms with E-state index in [4.69, 9.17) is 9.47 Å². The van der Waals surface area contributed by atoms with E-state index in [0.717, 1.165) is 49.5 Å². The number of ether oxygens (including phenoxy) is 2. The van der Waals surface area contributed by atoms with Gasteiger partial charge in [-0.05, 0) is 32.8 Å². The summed E-state index contributed by atoms with van der Waals surface area (Å²) in [5.74, 6) is 1.59. The number of guanidine groups is 1. The molecule has 0 fully saturated rings. The van der Waals surface area contributed by atoms with Crippen LogP contribution in [0.2, 0.25) is 0 Å². The van der Waals surface area contributed by atoms with Gasteiger partial charge in [0.25, 0.3) is 0 Å². The van der Waals surface area contributed by atoms with Crippen molar-refractivity contribution in [1.29, 1.82) is 0 Å². The van der Waals surface area contributed by atoms with Crippen LogP contribution in [0, 0.1) is 0 Å². The maximum absolute atomic E-state index is 11.2. The number of hydrogen-bond acceptors (Lipinski definition) is 4. The highest BCUT2D eigenvalue weighted by Crippen LogP contribution is 2.17. The molecule has 2 N–H and O–H groups in total. The third-order valence-corrected chi connectivity index (χ3v) is 3.85. The van der Waals surface area contributed by atoms with Crippen molar-refractivity contribution in [1.82, 2.24) is 10.6 Å². The lowest BCUT2D eigenvalue weighted by Gasteiger charge is -2.14. The van der Waals surface area contributed by atoms with Gasteiger partial charge in [0.05, 0.1) is 13.2 Å². The number of nitrogens with one attached hydrogen (secondary N) is 2. The number of hydrogen-bond donors (Lipinski definition) is 2. The van der Waals surface area contributed by atoms with Gasteiger partial charge in [-0.25, -0.2) is 0 Å². The van der Waals surface area contributed by atoms with Crippen LogP contribution in [-0.4, -0.2) is 38.7 Å². The molecule has 0 aromatic heterocycles. The molecule has 0 unspecified atom stereocenters. The zero-order chi connectivity index (χ0) is 19.0. The Morgan fingerprint density at radius 1 is 1.04 bits per heavy atom. The van der Waals surface area contributed by atoms with Crippen LogP contribution in [0.4, 0.5) is 0 Å². The minimum absolute atomic E-state index is 0.0949. The molecule has 1 aromatic carbocycles. The highest BCUT2D eigenvalue weighted by molar-refractivity contribution is 5.79. The molecule has 0 bridgehead atoms. The molecule has 0 aliphatic rings. The topological polar surface area (TPSA) is 72.0 Å². The van der Waals surface area contributed by atoms with Gasteiger partial charge in [0.2, 0.25) is 0 Å². The molecule has 0 saturated heterocycles. The summed E-state index contributed by atoms with van der Waals surface area (Å²) >= 11 is 0. The summed E-state index contributed by atoms with van der Waals surface area (Å²) in [6, 6.07) is 8.01. The SMILES string of the molecule is CCOC(=O)CCCCCCNC(=NC)NCc1ccccc1OCC. The lowest BCUT2D eigenvalue weighted by molar-refractivity contribution is -0.143. The van der Waals surface area contributed by atoms with E-state index in [1.807, 2.05) is 32.0 Å². The standard InChI is InChI=1S/C20H33N3O3/c1-4-25-18-13-10-9-12-17(18)16-23-20(21-3)22-15-11-7-6-8-14-19(24)26-5-2/h9-10,12-13H,4-8,11,14-16H2,1-3H3,(H2,21,22,23). The molecular weight excluding hydrogens is 330 g/mol. The summed E-state index contributed by atoms with van der Waals surface area (Å²) in [5, 5.41) is 6.63. The number of benzene rings is 1. The molecule has 0 spiro atoms. The van der Waals surface area contributed by atoms with Gasteiger partial charge in [0, 0.05) is 32.1 Å². The molecule has 1 aromatic rings. The monoisotopic (exact) mass is 363 g/mol. The summed E-state index contributed by atoms with van der Waals surface area (Å²) in [6.45, 7) is 6.45. The van der Waals surface area contributed by atoms with Crippen molar-refractivity contribution in [3.05, 3.63) is 29.8 Å². The van der Waals surface area contributed by atoms with Crippen molar-refractivity contribution >= 4 is 11.9 Å². The average molecular weight is 364 g/mol. The van der Waals surface area contributed by atoms with E-state index in [1.165, 1.54) is 0 Å². The molecule has 1 rings (SSSR count). The van der Waals surface area contributed by atoms with Crippen LogP contribution in [0.15, 0.2) is 29.3 Å². The number of aliphatic imine (C=N–C) groups is 1. The maximum Gasteiger partial charge on any atom is 0.305 e. The second-order valence-electron chi connectivity index (χ2n) is 5.86. The van der Waals surface area contributed by atoms with Crippen LogP contribution in [0.5, 0.6) is 5.75 Å². The van der Waals surface area contributed by atoms with Crippen molar-refractivity contribution in [3.8, 4) is 5.75 Å². The van der Waals surface area contributed by atoms with Crippen LogP contribution in [0.3, 0.4) is 0 Å². The molecule has 26 heavy (non-hydrogen) atoms. The number of carbonyl (C=O) groups excluding carboxylic acids is 1. The van der Waals surface area contributed by atoms with Crippen LogP contribution in [0.1, 0.15) is 51.5 Å². The Hall–Kier alpha value is -2.24. The van der Waals surface area contributed by atoms with E-state index >= 15 is 0 Å². The molecule has 0 aliphatic heterocycles. The fourth-order valence-electron chi connectivity index (χ4n) is 2.53. The third-order valence-electron chi connectivity index (χ3n) is 3.85. The van der Waals surface area contributed by atoms with Gasteiger partial charge in [0.15, 0.2) is 5.96 Å². The van der Waals surface area contributed by atoms with Crippen molar-refractivity contribution in [2.75, 3.05) is 26.8 Å². The lowest BCUT2D eigenvalue weighted by atomic mass is 10.1. The van der Waals surface area contributed by atoms with Crippen LogP contribution >= 0.6 is 0 Å². The van der Waals surface area contributed by atoms with E-state index < -0.39 is 0 Å². The van der Waals surface area contributed by atoms with E-state index in [9.17, 15) is 4.79 Å². The number of carbonyl (C=O) groups is 1. The molecule has 146 valence electrons.